The molecular weight excluding hydrogens is 152 g/mol. The van der Waals surface area contributed by atoms with E-state index in [4.69, 9.17) is 16.3 Å². The van der Waals surface area contributed by atoms with Crippen molar-refractivity contribution in [1.29, 1.82) is 0 Å². The van der Waals surface area contributed by atoms with Gasteiger partial charge in [-0.3, -0.25) is 0 Å². The zero-order valence-corrected chi connectivity index (χ0v) is 6.87. The van der Waals surface area contributed by atoms with Crippen LogP contribution in [0.2, 0.25) is 0 Å². The van der Waals surface area contributed by atoms with E-state index in [9.17, 15) is 0 Å². The number of hydrogen-bond acceptors (Lipinski definition) is 2. The SMILES string of the molecule is C#Cc1ccc(OC)c(CO)c1. The molecule has 1 N–H and O–H groups in total. The summed E-state index contributed by atoms with van der Waals surface area (Å²) in [7, 11) is 1.56. The molecule has 1 aromatic rings. The Kier molecular flexibility index (Phi) is 2.73. The second-order valence-corrected chi connectivity index (χ2v) is 2.33. The molecule has 0 aliphatic carbocycles. The number of terminal acetylenes is 1. The van der Waals surface area contributed by atoms with E-state index < -0.39 is 0 Å². The van der Waals surface area contributed by atoms with E-state index in [1.807, 2.05) is 0 Å². The van der Waals surface area contributed by atoms with Crippen LogP contribution in [0.4, 0.5) is 0 Å². The summed E-state index contributed by atoms with van der Waals surface area (Å²) in [5.41, 5.74) is 1.47. The lowest BCUT2D eigenvalue weighted by atomic mass is 10.1. The van der Waals surface area contributed by atoms with Gasteiger partial charge in [-0.15, -0.1) is 6.42 Å². The third kappa shape index (κ3) is 1.58. The van der Waals surface area contributed by atoms with E-state index in [1.165, 1.54) is 0 Å². The van der Waals surface area contributed by atoms with E-state index in [1.54, 1.807) is 25.3 Å². The molecule has 0 aliphatic rings. The molecule has 0 aromatic heterocycles. The van der Waals surface area contributed by atoms with Crippen LogP contribution in [-0.4, -0.2) is 12.2 Å². The summed E-state index contributed by atoms with van der Waals surface area (Å²) in [6.07, 6.45) is 5.19. The molecule has 0 amide bonds. The van der Waals surface area contributed by atoms with Crippen molar-refractivity contribution in [1.82, 2.24) is 0 Å². The third-order valence-electron chi connectivity index (χ3n) is 1.62. The van der Waals surface area contributed by atoms with E-state index in [-0.39, 0.29) is 6.61 Å². The van der Waals surface area contributed by atoms with E-state index in [0.29, 0.717) is 11.3 Å². The van der Waals surface area contributed by atoms with Crippen molar-refractivity contribution >= 4 is 0 Å². The maximum atomic E-state index is 8.92. The Morgan fingerprint density at radius 3 is 2.83 bits per heavy atom. The molecule has 0 spiro atoms. The first-order chi connectivity index (χ1) is 5.81. The predicted molar refractivity (Wildman–Crippen MR) is 46.9 cm³/mol. The highest BCUT2D eigenvalue weighted by molar-refractivity contribution is 5.42. The summed E-state index contributed by atoms with van der Waals surface area (Å²) in [6, 6.07) is 5.26. The highest BCUT2D eigenvalue weighted by atomic mass is 16.5. The second-order valence-electron chi connectivity index (χ2n) is 2.33. The predicted octanol–water partition coefficient (Wildman–Crippen LogP) is 1.17. The molecule has 12 heavy (non-hydrogen) atoms. The minimum atomic E-state index is -0.0569. The lowest BCUT2D eigenvalue weighted by Crippen LogP contribution is -1.92. The van der Waals surface area contributed by atoms with Crippen molar-refractivity contribution in [3.8, 4) is 18.1 Å². The number of benzene rings is 1. The molecular formula is C10H10O2. The number of aliphatic hydroxyl groups excluding tert-OH is 1. The molecule has 2 heteroatoms. The van der Waals surface area contributed by atoms with E-state index in [0.717, 1.165) is 5.56 Å². The minimum absolute atomic E-state index is 0.0569. The molecule has 0 saturated carbocycles. The number of ether oxygens (including phenoxy) is 1. The lowest BCUT2D eigenvalue weighted by molar-refractivity contribution is 0.274. The summed E-state index contributed by atoms with van der Waals surface area (Å²) >= 11 is 0. The largest absolute Gasteiger partial charge is 0.496 e. The van der Waals surface area contributed by atoms with E-state index in [2.05, 4.69) is 5.92 Å². The van der Waals surface area contributed by atoms with Gasteiger partial charge >= 0.3 is 0 Å². The molecule has 0 aliphatic heterocycles. The van der Waals surface area contributed by atoms with Crippen LogP contribution < -0.4 is 4.74 Å². The highest BCUT2D eigenvalue weighted by Gasteiger charge is 2.00. The van der Waals surface area contributed by atoms with Crippen LogP contribution in [0.3, 0.4) is 0 Å². The molecule has 2 nitrogen and oxygen atoms in total. The summed E-state index contributed by atoms with van der Waals surface area (Å²) in [5, 5.41) is 8.92. The van der Waals surface area contributed by atoms with Crippen LogP contribution >= 0.6 is 0 Å². The van der Waals surface area contributed by atoms with Crippen LogP contribution in [0.5, 0.6) is 5.75 Å². The molecule has 0 atom stereocenters. The van der Waals surface area contributed by atoms with Gasteiger partial charge in [-0.25, -0.2) is 0 Å². The summed E-state index contributed by atoms with van der Waals surface area (Å²) in [6.45, 7) is -0.0569. The Hall–Kier alpha value is -1.46. The van der Waals surface area contributed by atoms with Crippen LogP contribution in [0.15, 0.2) is 18.2 Å². The van der Waals surface area contributed by atoms with Gasteiger partial charge in [0, 0.05) is 11.1 Å². The lowest BCUT2D eigenvalue weighted by Gasteiger charge is -2.05. The fourth-order valence-electron chi connectivity index (χ4n) is 0.992. The van der Waals surface area contributed by atoms with Gasteiger partial charge in [0.05, 0.1) is 13.7 Å². The first kappa shape index (κ1) is 8.63. The maximum Gasteiger partial charge on any atom is 0.124 e. The Bertz CT molecular complexity index is 310. The highest BCUT2D eigenvalue weighted by Crippen LogP contribution is 2.18. The first-order valence-corrected chi connectivity index (χ1v) is 3.56. The van der Waals surface area contributed by atoms with Crippen LogP contribution in [0.25, 0.3) is 0 Å². The smallest absolute Gasteiger partial charge is 0.124 e. The van der Waals surface area contributed by atoms with Crippen molar-refractivity contribution in [2.24, 2.45) is 0 Å². The Morgan fingerprint density at radius 1 is 1.58 bits per heavy atom. The van der Waals surface area contributed by atoms with Crippen molar-refractivity contribution in [2.45, 2.75) is 6.61 Å². The molecule has 0 saturated heterocycles. The van der Waals surface area contributed by atoms with Crippen LogP contribution in [-0.2, 0) is 6.61 Å². The van der Waals surface area contributed by atoms with Crippen LogP contribution in [0, 0.1) is 12.3 Å². The van der Waals surface area contributed by atoms with Gasteiger partial charge in [0.2, 0.25) is 0 Å². The van der Waals surface area contributed by atoms with Crippen molar-refractivity contribution < 1.29 is 9.84 Å². The summed E-state index contributed by atoms with van der Waals surface area (Å²) in [5.74, 6) is 3.15. The van der Waals surface area contributed by atoms with Gasteiger partial charge in [-0.05, 0) is 18.2 Å². The number of methoxy groups -OCH3 is 1. The van der Waals surface area contributed by atoms with Gasteiger partial charge in [-0.1, -0.05) is 5.92 Å². The van der Waals surface area contributed by atoms with E-state index >= 15 is 0 Å². The van der Waals surface area contributed by atoms with Gasteiger partial charge in [0.25, 0.3) is 0 Å². The molecule has 62 valence electrons. The Balaban J connectivity index is 3.13. The number of aliphatic hydroxyl groups is 1. The molecule has 1 rings (SSSR count). The summed E-state index contributed by atoms with van der Waals surface area (Å²) in [4.78, 5) is 0. The van der Waals surface area contributed by atoms with Crippen molar-refractivity contribution in [2.75, 3.05) is 7.11 Å². The molecule has 0 fully saturated rings. The Labute approximate surface area is 71.8 Å². The first-order valence-electron chi connectivity index (χ1n) is 3.56. The number of rotatable bonds is 2. The zero-order chi connectivity index (χ0) is 8.97. The fourth-order valence-corrected chi connectivity index (χ4v) is 0.992. The van der Waals surface area contributed by atoms with Gasteiger partial charge in [0.15, 0.2) is 0 Å². The van der Waals surface area contributed by atoms with Gasteiger partial charge in [-0.2, -0.15) is 0 Å². The molecule has 1 aromatic carbocycles. The molecule has 0 bridgehead atoms. The van der Waals surface area contributed by atoms with Crippen molar-refractivity contribution in [3.63, 3.8) is 0 Å². The standard InChI is InChI=1S/C10H10O2/c1-3-8-4-5-10(12-2)9(6-8)7-11/h1,4-6,11H,7H2,2H3. The fraction of sp³-hybridized carbons (Fsp3) is 0.200. The maximum absolute atomic E-state index is 8.92. The van der Waals surface area contributed by atoms with Crippen LogP contribution in [0.1, 0.15) is 11.1 Å². The topological polar surface area (TPSA) is 29.5 Å². The second kappa shape index (κ2) is 3.80. The number of hydrogen-bond donors (Lipinski definition) is 1. The normalized spacial score (nSPS) is 9.08. The molecule has 0 unspecified atom stereocenters. The monoisotopic (exact) mass is 162 g/mol. The van der Waals surface area contributed by atoms with Crippen molar-refractivity contribution in [3.05, 3.63) is 29.3 Å². The Morgan fingerprint density at radius 2 is 2.33 bits per heavy atom. The third-order valence-corrected chi connectivity index (χ3v) is 1.62. The summed E-state index contributed by atoms with van der Waals surface area (Å²) < 4.78 is 5.01. The molecule has 0 heterocycles. The van der Waals surface area contributed by atoms with Gasteiger partial charge in [0.1, 0.15) is 5.75 Å². The quantitative estimate of drug-likeness (QED) is 0.661. The van der Waals surface area contributed by atoms with Gasteiger partial charge < -0.3 is 9.84 Å². The average molecular weight is 162 g/mol. The zero-order valence-electron chi connectivity index (χ0n) is 6.87. The molecule has 0 radical (unpaired) electrons. The average Bonchev–Trinajstić information content (AvgIpc) is 2.16. The minimum Gasteiger partial charge on any atom is -0.496 e.